The predicted octanol–water partition coefficient (Wildman–Crippen LogP) is 5.86. The van der Waals surface area contributed by atoms with Crippen LogP contribution in [0.15, 0.2) is 54.6 Å². The maximum Gasteiger partial charge on any atom is 0.272 e. The van der Waals surface area contributed by atoms with E-state index in [4.69, 9.17) is 40.1 Å². The smallest absolute Gasteiger partial charge is 0.272 e. The molecule has 2 amide bonds. The number of amides is 2. The quantitative estimate of drug-likeness (QED) is 0.406. The third-order valence-corrected chi connectivity index (χ3v) is 7.41. The van der Waals surface area contributed by atoms with Crippen LogP contribution in [0.3, 0.4) is 0 Å². The minimum atomic E-state index is -0.345. The number of hydrogen-bond donors (Lipinski definition) is 0. The molecular formula is C27H23Cl3N4O2. The SMILES string of the molecule is CCc1cc(Cl)cc(C(=O)N(C)[C@@H]2CN(C(=O)c3ccc(C#N)cc3)C[C@H]2c2ccc(Cl)c(Cl)c2)n1. The Bertz CT molecular complexity index is 1350. The standard InChI is InChI=1S/C27H23Cl3N4O2/c1-3-20-11-19(28)12-24(32-20)27(36)33(2)25-15-34(26(35)17-6-4-16(13-31)5-7-17)14-21(25)18-8-9-22(29)23(30)10-18/h4-12,21,25H,3,14-15H2,1-2H3/t21-,25+/m0/s1. The Kier molecular flexibility index (Phi) is 7.85. The van der Waals surface area contributed by atoms with Gasteiger partial charge in [0.25, 0.3) is 11.8 Å². The molecule has 1 aliphatic rings. The van der Waals surface area contributed by atoms with Gasteiger partial charge in [0, 0.05) is 42.3 Å². The number of likely N-dealkylation sites (tertiary alicyclic amines) is 1. The molecule has 0 saturated carbocycles. The second-order valence-corrected chi connectivity index (χ2v) is 9.93. The lowest BCUT2D eigenvalue weighted by Gasteiger charge is -2.29. The number of nitrogens with zero attached hydrogens (tertiary/aromatic N) is 4. The van der Waals surface area contributed by atoms with Crippen molar-refractivity contribution in [1.82, 2.24) is 14.8 Å². The monoisotopic (exact) mass is 540 g/mol. The van der Waals surface area contributed by atoms with Gasteiger partial charge >= 0.3 is 0 Å². The number of aromatic nitrogens is 1. The Morgan fingerprint density at radius 2 is 1.78 bits per heavy atom. The molecule has 1 aliphatic heterocycles. The molecule has 4 rings (SSSR count). The van der Waals surface area contributed by atoms with E-state index in [0.29, 0.717) is 45.7 Å². The minimum Gasteiger partial charge on any atom is -0.336 e. The highest BCUT2D eigenvalue weighted by Crippen LogP contribution is 2.35. The van der Waals surface area contributed by atoms with E-state index in [9.17, 15) is 9.59 Å². The normalized spacial score (nSPS) is 17.1. The summed E-state index contributed by atoms with van der Waals surface area (Å²) in [4.78, 5) is 34.6. The van der Waals surface area contributed by atoms with Crippen LogP contribution in [0.4, 0.5) is 0 Å². The number of nitriles is 1. The molecule has 0 aliphatic carbocycles. The molecule has 2 atom stereocenters. The first-order valence-electron chi connectivity index (χ1n) is 11.4. The molecule has 1 saturated heterocycles. The number of pyridine rings is 1. The van der Waals surface area contributed by atoms with Crippen LogP contribution in [0.25, 0.3) is 0 Å². The highest BCUT2D eigenvalue weighted by atomic mass is 35.5. The summed E-state index contributed by atoms with van der Waals surface area (Å²) in [6.07, 6.45) is 0.646. The largest absolute Gasteiger partial charge is 0.336 e. The average Bonchev–Trinajstić information content (AvgIpc) is 3.34. The Morgan fingerprint density at radius 1 is 1.06 bits per heavy atom. The van der Waals surface area contributed by atoms with Crippen molar-refractivity contribution < 1.29 is 9.59 Å². The third kappa shape index (κ3) is 5.34. The van der Waals surface area contributed by atoms with Crippen LogP contribution in [0.1, 0.15) is 50.5 Å². The molecular weight excluding hydrogens is 519 g/mol. The summed E-state index contributed by atoms with van der Waals surface area (Å²) in [6.45, 7) is 2.63. The first-order chi connectivity index (χ1) is 17.2. The zero-order valence-corrected chi connectivity index (χ0v) is 22.0. The van der Waals surface area contributed by atoms with Crippen LogP contribution in [-0.4, -0.2) is 52.8 Å². The Labute approximate surface area is 225 Å². The maximum atomic E-state index is 13.5. The summed E-state index contributed by atoms with van der Waals surface area (Å²) >= 11 is 18.7. The van der Waals surface area contributed by atoms with E-state index in [-0.39, 0.29) is 29.5 Å². The summed E-state index contributed by atoms with van der Waals surface area (Å²) in [7, 11) is 1.71. The van der Waals surface area contributed by atoms with Crippen molar-refractivity contribution in [2.75, 3.05) is 20.1 Å². The summed E-state index contributed by atoms with van der Waals surface area (Å²) < 4.78 is 0. The molecule has 9 heteroatoms. The average molecular weight is 542 g/mol. The summed E-state index contributed by atoms with van der Waals surface area (Å²) in [6, 6.07) is 16.9. The lowest BCUT2D eigenvalue weighted by atomic mass is 9.93. The van der Waals surface area contributed by atoms with Crippen LogP contribution in [-0.2, 0) is 6.42 Å². The molecule has 0 unspecified atom stereocenters. The van der Waals surface area contributed by atoms with Gasteiger partial charge in [-0.05, 0) is 60.5 Å². The van der Waals surface area contributed by atoms with Crippen LogP contribution in [0.5, 0.6) is 0 Å². The van der Waals surface area contributed by atoms with Crippen molar-refractivity contribution in [3.8, 4) is 6.07 Å². The number of likely N-dealkylation sites (N-methyl/N-ethyl adjacent to an activating group) is 1. The van der Waals surface area contributed by atoms with Gasteiger partial charge in [-0.2, -0.15) is 5.26 Å². The van der Waals surface area contributed by atoms with E-state index in [1.54, 1.807) is 65.4 Å². The second-order valence-electron chi connectivity index (χ2n) is 8.68. The zero-order valence-electron chi connectivity index (χ0n) is 19.7. The number of benzene rings is 2. The molecule has 1 fully saturated rings. The van der Waals surface area contributed by atoms with Crippen LogP contribution in [0.2, 0.25) is 15.1 Å². The van der Waals surface area contributed by atoms with E-state index in [1.165, 1.54) is 0 Å². The lowest BCUT2D eigenvalue weighted by molar-refractivity contribution is 0.0691. The van der Waals surface area contributed by atoms with Crippen molar-refractivity contribution in [2.45, 2.75) is 25.3 Å². The molecule has 0 bridgehead atoms. The Morgan fingerprint density at radius 3 is 2.42 bits per heavy atom. The number of carbonyl (C=O) groups excluding carboxylic acids is 2. The molecule has 6 nitrogen and oxygen atoms in total. The number of rotatable bonds is 5. The molecule has 36 heavy (non-hydrogen) atoms. The van der Waals surface area contributed by atoms with Gasteiger partial charge in [0.1, 0.15) is 5.69 Å². The van der Waals surface area contributed by atoms with Crippen molar-refractivity contribution in [3.63, 3.8) is 0 Å². The van der Waals surface area contributed by atoms with Crippen molar-refractivity contribution in [3.05, 3.63) is 97.7 Å². The van der Waals surface area contributed by atoms with Gasteiger partial charge in [-0.25, -0.2) is 4.98 Å². The fraction of sp³-hybridized carbons (Fsp3) is 0.259. The molecule has 0 radical (unpaired) electrons. The van der Waals surface area contributed by atoms with Crippen LogP contribution in [0, 0.1) is 11.3 Å². The first kappa shape index (κ1) is 26.0. The predicted molar refractivity (Wildman–Crippen MR) is 141 cm³/mol. The summed E-state index contributed by atoms with van der Waals surface area (Å²) in [5.41, 5.74) is 2.80. The highest BCUT2D eigenvalue weighted by molar-refractivity contribution is 6.42. The van der Waals surface area contributed by atoms with Gasteiger partial charge in [-0.1, -0.05) is 47.8 Å². The van der Waals surface area contributed by atoms with Gasteiger partial charge in [0.2, 0.25) is 0 Å². The van der Waals surface area contributed by atoms with Gasteiger partial charge < -0.3 is 9.80 Å². The fourth-order valence-corrected chi connectivity index (χ4v) is 4.99. The molecule has 2 heterocycles. The van der Waals surface area contributed by atoms with E-state index in [1.807, 2.05) is 13.0 Å². The fourth-order valence-electron chi connectivity index (χ4n) is 4.46. The van der Waals surface area contributed by atoms with Gasteiger partial charge in [0.05, 0.1) is 27.7 Å². The highest BCUT2D eigenvalue weighted by Gasteiger charge is 2.41. The van der Waals surface area contributed by atoms with Crippen LogP contribution >= 0.6 is 34.8 Å². The molecule has 2 aromatic carbocycles. The van der Waals surface area contributed by atoms with Crippen molar-refractivity contribution in [2.24, 2.45) is 0 Å². The first-order valence-corrected chi connectivity index (χ1v) is 12.5. The Balaban J connectivity index is 1.67. The second kappa shape index (κ2) is 10.9. The van der Waals surface area contributed by atoms with Gasteiger partial charge in [-0.3, -0.25) is 9.59 Å². The third-order valence-electron chi connectivity index (χ3n) is 6.45. The minimum absolute atomic E-state index is 0.179. The van der Waals surface area contributed by atoms with Gasteiger partial charge in [0.15, 0.2) is 0 Å². The van der Waals surface area contributed by atoms with Crippen molar-refractivity contribution in [1.29, 1.82) is 5.26 Å². The molecule has 3 aromatic rings. The number of carbonyl (C=O) groups is 2. The maximum absolute atomic E-state index is 13.5. The molecule has 184 valence electrons. The number of aryl methyl sites for hydroxylation is 1. The lowest BCUT2D eigenvalue weighted by Crippen LogP contribution is -2.42. The van der Waals surface area contributed by atoms with E-state index in [0.717, 1.165) is 11.3 Å². The molecule has 0 N–H and O–H groups in total. The molecule has 1 aromatic heterocycles. The number of halogens is 3. The number of hydrogen-bond acceptors (Lipinski definition) is 4. The Hall–Kier alpha value is -3.11. The van der Waals surface area contributed by atoms with Crippen LogP contribution < -0.4 is 0 Å². The summed E-state index contributed by atoms with van der Waals surface area (Å²) in [5, 5.41) is 10.3. The van der Waals surface area contributed by atoms with E-state index >= 15 is 0 Å². The van der Waals surface area contributed by atoms with Crippen molar-refractivity contribution >= 4 is 46.6 Å². The van der Waals surface area contributed by atoms with Gasteiger partial charge in [-0.15, -0.1) is 0 Å². The molecule has 0 spiro atoms. The zero-order chi connectivity index (χ0) is 26.0. The van der Waals surface area contributed by atoms with E-state index in [2.05, 4.69) is 11.1 Å². The summed E-state index contributed by atoms with van der Waals surface area (Å²) in [5.74, 6) is -0.669. The van der Waals surface area contributed by atoms with E-state index < -0.39 is 0 Å². The topological polar surface area (TPSA) is 77.3 Å².